The fourth-order valence-electron chi connectivity index (χ4n) is 3.98. The van der Waals surface area contributed by atoms with Gasteiger partial charge in [0.2, 0.25) is 0 Å². The molecule has 0 radical (unpaired) electrons. The van der Waals surface area contributed by atoms with Crippen LogP contribution in [-0.2, 0) is 4.74 Å². The van der Waals surface area contributed by atoms with Crippen LogP contribution in [0.25, 0.3) is 0 Å². The quantitative estimate of drug-likeness (QED) is 0.385. The minimum Gasteiger partial charge on any atom is -0.378 e. The summed E-state index contributed by atoms with van der Waals surface area (Å²) in [6, 6.07) is 13.6. The SMILES string of the molecule is O=[N+]([O-])c1ccccc1SC1=C(N2CCOCC2)[C@@H](Sc2ccccc2[N+](=O)[O-])CCC1. The van der Waals surface area contributed by atoms with Gasteiger partial charge in [0.05, 0.1) is 38.1 Å². The number of allylic oxidation sites excluding steroid dienone is 1. The number of thioether (sulfide) groups is 2. The highest BCUT2D eigenvalue weighted by Crippen LogP contribution is 2.47. The summed E-state index contributed by atoms with van der Waals surface area (Å²) in [5.41, 5.74) is 1.34. The zero-order valence-electron chi connectivity index (χ0n) is 17.3. The monoisotopic (exact) mass is 473 g/mol. The lowest BCUT2D eigenvalue weighted by molar-refractivity contribution is -0.387. The Kier molecular flexibility index (Phi) is 7.33. The molecule has 8 nitrogen and oxygen atoms in total. The first-order chi connectivity index (χ1) is 15.5. The van der Waals surface area contributed by atoms with Gasteiger partial charge in [-0.15, -0.1) is 11.8 Å². The van der Waals surface area contributed by atoms with E-state index in [2.05, 4.69) is 4.90 Å². The van der Waals surface area contributed by atoms with Gasteiger partial charge in [0, 0.05) is 35.8 Å². The average Bonchev–Trinajstić information content (AvgIpc) is 2.80. The highest BCUT2D eigenvalue weighted by molar-refractivity contribution is 8.03. The van der Waals surface area contributed by atoms with Gasteiger partial charge in [-0.05, 0) is 31.4 Å². The first kappa shape index (κ1) is 22.6. The van der Waals surface area contributed by atoms with Crippen LogP contribution in [0, 0.1) is 20.2 Å². The number of nitrogens with zero attached hydrogens (tertiary/aromatic N) is 3. The Hall–Kier alpha value is -2.56. The summed E-state index contributed by atoms with van der Waals surface area (Å²) in [7, 11) is 0. The van der Waals surface area contributed by atoms with Gasteiger partial charge in [-0.3, -0.25) is 20.2 Å². The van der Waals surface area contributed by atoms with Crippen molar-refractivity contribution < 1.29 is 14.6 Å². The molecular weight excluding hydrogens is 450 g/mol. The first-order valence-electron chi connectivity index (χ1n) is 10.4. The van der Waals surface area contributed by atoms with Crippen molar-refractivity contribution in [3.05, 3.63) is 79.4 Å². The van der Waals surface area contributed by atoms with E-state index in [0.717, 1.165) is 43.0 Å². The van der Waals surface area contributed by atoms with Gasteiger partial charge in [0.25, 0.3) is 11.4 Å². The molecule has 0 amide bonds. The van der Waals surface area contributed by atoms with Crippen molar-refractivity contribution in [2.24, 2.45) is 0 Å². The minimum atomic E-state index is -0.348. The van der Waals surface area contributed by atoms with E-state index >= 15 is 0 Å². The molecule has 1 fully saturated rings. The van der Waals surface area contributed by atoms with E-state index < -0.39 is 0 Å². The van der Waals surface area contributed by atoms with E-state index in [1.54, 1.807) is 24.3 Å². The van der Waals surface area contributed by atoms with Crippen molar-refractivity contribution in [1.29, 1.82) is 0 Å². The second-order valence-corrected chi connectivity index (χ2v) is 9.84. The van der Waals surface area contributed by atoms with Crippen molar-refractivity contribution in [1.82, 2.24) is 4.90 Å². The molecule has 1 atom stereocenters. The summed E-state index contributed by atoms with van der Waals surface area (Å²) in [6.45, 7) is 2.72. The van der Waals surface area contributed by atoms with E-state index in [-0.39, 0.29) is 26.5 Å². The van der Waals surface area contributed by atoms with Gasteiger partial charge < -0.3 is 9.64 Å². The predicted molar refractivity (Wildman–Crippen MR) is 125 cm³/mol. The molecule has 0 aromatic heterocycles. The van der Waals surface area contributed by atoms with Gasteiger partial charge in [0.15, 0.2) is 0 Å². The maximum atomic E-state index is 11.5. The molecule has 1 heterocycles. The Bertz CT molecular complexity index is 1040. The van der Waals surface area contributed by atoms with E-state index in [0.29, 0.717) is 23.0 Å². The van der Waals surface area contributed by atoms with Crippen molar-refractivity contribution in [2.75, 3.05) is 26.3 Å². The normalized spacial score (nSPS) is 19.1. The van der Waals surface area contributed by atoms with Crippen LogP contribution in [0.15, 0.2) is 68.9 Å². The summed E-state index contributed by atoms with van der Waals surface area (Å²) in [6.07, 6.45) is 2.65. The molecule has 32 heavy (non-hydrogen) atoms. The number of nitro groups is 2. The summed E-state index contributed by atoms with van der Waals surface area (Å²) < 4.78 is 5.54. The second kappa shape index (κ2) is 10.4. The Balaban J connectivity index is 1.72. The number of benzene rings is 2. The van der Waals surface area contributed by atoms with E-state index in [4.69, 9.17) is 4.74 Å². The lowest BCUT2D eigenvalue weighted by Gasteiger charge is -2.39. The van der Waals surface area contributed by atoms with Crippen molar-refractivity contribution in [3.8, 4) is 0 Å². The molecule has 168 valence electrons. The van der Waals surface area contributed by atoms with Crippen molar-refractivity contribution in [3.63, 3.8) is 0 Å². The van der Waals surface area contributed by atoms with Crippen LogP contribution in [0.1, 0.15) is 19.3 Å². The fourth-order valence-corrected chi connectivity index (χ4v) is 6.75. The van der Waals surface area contributed by atoms with Gasteiger partial charge >= 0.3 is 0 Å². The number of nitro benzene ring substituents is 2. The Morgan fingerprint density at radius 2 is 1.50 bits per heavy atom. The summed E-state index contributed by atoms with van der Waals surface area (Å²) in [5, 5.41) is 23.1. The van der Waals surface area contributed by atoms with Gasteiger partial charge in [-0.25, -0.2) is 0 Å². The minimum absolute atomic E-state index is 0.0354. The molecule has 2 aromatic carbocycles. The maximum Gasteiger partial charge on any atom is 0.283 e. The molecule has 0 unspecified atom stereocenters. The van der Waals surface area contributed by atoms with Crippen LogP contribution >= 0.6 is 23.5 Å². The third-order valence-electron chi connectivity index (χ3n) is 5.44. The highest BCUT2D eigenvalue weighted by Gasteiger charge is 2.32. The third kappa shape index (κ3) is 5.08. The number of para-hydroxylation sites is 2. The molecule has 1 saturated heterocycles. The summed E-state index contributed by atoms with van der Waals surface area (Å²) in [4.78, 5) is 27.0. The molecule has 1 aliphatic carbocycles. The standard InChI is InChI=1S/C22H23N3O5S2/c26-24(27)16-6-1-3-8-18(16)31-20-10-5-11-21(22(20)23-12-14-30-15-13-23)32-19-9-4-2-7-17(19)25(28)29/h1-4,6-9,20H,5,10-15H2/t20-/m0/s1. The van der Waals surface area contributed by atoms with Crippen molar-refractivity contribution in [2.45, 2.75) is 34.3 Å². The molecule has 0 bridgehead atoms. The van der Waals surface area contributed by atoms with Crippen LogP contribution in [-0.4, -0.2) is 46.3 Å². The zero-order valence-corrected chi connectivity index (χ0v) is 19.0. The Labute approximate surface area is 194 Å². The summed E-state index contributed by atoms with van der Waals surface area (Å²) in [5.74, 6) is 0. The average molecular weight is 474 g/mol. The molecule has 10 heteroatoms. The molecule has 1 aliphatic heterocycles. The van der Waals surface area contributed by atoms with E-state index in [1.165, 1.54) is 35.7 Å². The number of rotatable bonds is 7. The van der Waals surface area contributed by atoms with Gasteiger partial charge in [0.1, 0.15) is 0 Å². The summed E-state index contributed by atoms with van der Waals surface area (Å²) >= 11 is 2.97. The molecule has 2 aliphatic rings. The smallest absolute Gasteiger partial charge is 0.283 e. The van der Waals surface area contributed by atoms with Crippen LogP contribution in [0.2, 0.25) is 0 Å². The molecule has 0 spiro atoms. The predicted octanol–water partition coefficient (Wildman–Crippen LogP) is 5.48. The van der Waals surface area contributed by atoms with Gasteiger partial charge in [-0.2, -0.15) is 0 Å². The molecule has 0 N–H and O–H groups in total. The van der Waals surface area contributed by atoms with Crippen LogP contribution < -0.4 is 0 Å². The highest BCUT2D eigenvalue weighted by atomic mass is 32.2. The molecule has 4 rings (SSSR count). The van der Waals surface area contributed by atoms with Crippen LogP contribution in [0.5, 0.6) is 0 Å². The van der Waals surface area contributed by atoms with Crippen LogP contribution in [0.4, 0.5) is 11.4 Å². The topological polar surface area (TPSA) is 98.8 Å². The van der Waals surface area contributed by atoms with Crippen LogP contribution in [0.3, 0.4) is 0 Å². The largest absolute Gasteiger partial charge is 0.378 e. The number of ether oxygens (including phenoxy) is 1. The second-order valence-electron chi connectivity index (χ2n) is 7.46. The van der Waals surface area contributed by atoms with E-state index in [9.17, 15) is 20.2 Å². The van der Waals surface area contributed by atoms with Gasteiger partial charge in [-0.1, -0.05) is 36.0 Å². The lowest BCUT2D eigenvalue weighted by Crippen LogP contribution is -2.40. The number of morpholine rings is 1. The lowest BCUT2D eigenvalue weighted by atomic mass is 10.0. The molecule has 2 aromatic rings. The van der Waals surface area contributed by atoms with E-state index in [1.807, 2.05) is 12.1 Å². The third-order valence-corrected chi connectivity index (χ3v) is 8.01. The number of hydrogen-bond donors (Lipinski definition) is 0. The number of hydrogen-bond acceptors (Lipinski definition) is 8. The maximum absolute atomic E-state index is 11.5. The zero-order chi connectivity index (χ0) is 22.5. The Morgan fingerprint density at radius 3 is 2.16 bits per heavy atom. The molecule has 0 saturated carbocycles. The first-order valence-corrected chi connectivity index (χ1v) is 12.1. The Morgan fingerprint density at radius 1 is 0.906 bits per heavy atom. The van der Waals surface area contributed by atoms with Crippen molar-refractivity contribution >= 4 is 34.9 Å². The fraction of sp³-hybridized carbons (Fsp3) is 0.364. The molecular formula is C22H23N3O5S2.